The van der Waals surface area contributed by atoms with Gasteiger partial charge in [0.25, 0.3) is 0 Å². The van der Waals surface area contributed by atoms with Crippen LogP contribution < -0.4 is 0 Å². The highest BCUT2D eigenvalue weighted by atomic mass is 16.5. The average Bonchev–Trinajstić information content (AvgIpc) is 3.33. The number of hydrogen-bond acceptors (Lipinski definition) is 4. The van der Waals surface area contributed by atoms with Crippen LogP contribution in [0, 0.1) is 11.3 Å². The van der Waals surface area contributed by atoms with Gasteiger partial charge in [-0.15, -0.1) is 0 Å². The van der Waals surface area contributed by atoms with Crippen LogP contribution in [0.15, 0.2) is 41.8 Å². The molecule has 2 saturated carbocycles. The zero-order chi connectivity index (χ0) is 22.4. The Kier molecular flexibility index (Phi) is 4.44. The van der Waals surface area contributed by atoms with Crippen LogP contribution in [-0.4, -0.2) is 58.7 Å². The van der Waals surface area contributed by atoms with E-state index in [1.54, 1.807) is 11.1 Å². The van der Waals surface area contributed by atoms with E-state index in [9.17, 15) is 0 Å². The molecule has 0 N–H and O–H groups in total. The van der Waals surface area contributed by atoms with Crippen molar-refractivity contribution < 1.29 is 4.74 Å². The lowest BCUT2D eigenvalue weighted by Gasteiger charge is -2.55. The van der Waals surface area contributed by atoms with E-state index < -0.39 is 0 Å². The summed E-state index contributed by atoms with van der Waals surface area (Å²) >= 11 is 0. The first-order valence-electron chi connectivity index (χ1n) is 13.4. The summed E-state index contributed by atoms with van der Waals surface area (Å²) in [6, 6.07) is 3.52. The van der Waals surface area contributed by atoms with Gasteiger partial charge in [-0.1, -0.05) is 19.1 Å². The van der Waals surface area contributed by atoms with Crippen molar-refractivity contribution >= 4 is 0 Å². The molecule has 4 unspecified atom stereocenters. The van der Waals surface area contributed by atoms with Gasteiger partial charge >= 0.3 is 0 Å². The Bertz CT molecular complexity index is 1050. The summed E-state index contributed by atoms with van der Waals surface area (Å²) < 4.78 is 7.44. The monoisotopic (exact) mass is 445 g/mol. The Morgan fingerprint density at radius 3 is 2.91 bits per heavy atom. The van der Waals surface area contributed by atoms with Crippen LogP contribution in [0.3, 0.4) is 0 Å². The van der Waals surface area contributed by atoms with Crippen molar-refractivity contribution in [1.82, 2.24) is 14.8 Å². The first kappa shape index (κ1) is 20.8. The lowest BCUT2D eigenvalue weighted by Crippen LogP contribution is -2.57. The standard InChI is InChI=1S/C29H39N3O/c1-27-11-8-23-16-22-4-5-24(31(2)3)17-28(22)12-13-29(23,33-28)25(27)6-7-26(27)32-15-10-20-9-14-30-18-21(20)19-32/h8-9,14,16,18,24-26H,4-7,10-13,15,17,19H2,1-3H3/t24?,25?,26?,27?,28-,29-/m1/s1. The molecule has 7 rings (SSSR count). The Morgan fingerprint density at radius 1 is 1.12 bits per heavy atom. The van der Waals surface area contributed by atoms with Crippen molar-refractivity contribution in [3.8, 4) is 0 Å². The van der Waals surface area contributed by atoms with E-state index in [0.29, 0.717) is 23.4 Å². The number of pyridine rings is 1. The van der Waals surface area contributed by atoms with Crippen LogP contribution in [0.5, 0.6) is 0 Å². The van der Waals surface area contributed by atoms with Crippen LogP contribution in [0.1, 0.15) is 69.4 Å². The molecule has 4 heterocycles. The van der Waals surface area contributed by atoms with Gasteiger partial charge in [0.05, 0.1) is 11.2 Å². The molecule has 6 aliphatic rings. The maximum absolute atomic E-state index is 7.44. The highest BCUT2D eigenvalue weighted by Crippen LogP contribution is 2.67. The van der Waals surface area contributed by atoms with Crippen LogP contribution in [0.25, 0.3) is 0 Å². The molecule has 4 nitrogen and oxygen atoms in total. The van der Waals surface area contributed by atoms with E-state index in [1.165, 1.54) is 75.5 Å². The molecule has 1 saturated heterocycles. The van der Waals surface area contributed by atoms with E-state index in [1.807, 2.05) is 6.20 Å². The highest BCUT2D eigenvalue weighted by Gasteiger charge is 2.67. The van der Waals surface area contributed by atoms with E-state index in [-0.39, 0.29) is 11.2 Å². The highest BCUT2D eigenvalue weighted by molar-refractivity contribution is 5.47. The summed E-state index contributed by atoms with van der Waals surface area (Å²) in [7, 11) is 4.50. The van der Waals surface area contributed by atoms with Crippen molar-refractivity contribution in [1.29, 1.82) is 0 Å². The Labute approximate surface area is 199 Å². The van der Waals surface area contributed by atoms with E-state index in [0.717, 1.165) is 6.54 Å². The Morgan fingerprint density at radius 2 is 2.03 bits per heavy atom. The number of rotatable bonds is 2. The van der Waals surface area contributed by atoms with Gasteiger partial charge in [-0.25, -0.2) is 0 Å². The lowest BCUT2D eigenvalue weighted by molar-refractivity contribution is -0.144. The second kappa shape index (κ2) is 7.02. The summed E-state index contributed by atoms with van der Waals surface area (Å²) in [4.78, 5) is 9.67. The largest absolute Gasteiger partial charge is 0.359 e. The molecule has 1 aromatic rings. The molecule has 0 aromatic carbocycles. The van der Waals surface area contributed by atoms with E-state index >= 15 is 0 Å². The Hall–Kier alpha value is -1.49. The molecule has 33 heavy (non-hydrogen) atoms. The number of nitrogens with zero attached hydrogens (tertiary/aromatic N) is 3. The summed E-state index contributed by atoms with van der Waals surface area (Å²) in [5, 5.41) is 0. The molecule has 0 amide bonds. The average molecular weight is 446 g/mol. The molecular weight excluding hydrogens is 406 g/mol. The number of hydrogen-bond donors (Lipinski definition) is 0. The summed E-state index contributed by atoms with van der Waals surface area (Å²) in [5.41, 5.74) is 6.38. The minimum atomic E-state index is -0.0330. The van der Waals surface area contributed by atoms with Gasteiger partial charge < -0.3 is 9.64 Å². The maximum atomic E-state index is 7.44. The van der Waals surface area contributed by atoms with Gasteiger partial charge in [-0.2, -0.15) is 0 Å². The van der Waals surface area contributed by atoms with Gasteiger partial charge in [0.2, 0.25) is 0 Å². The summed E-state index contributed by atoms with van der Waals surface area (Å²) in [5.74, 6) is 0.641. The molecule has 0 radical (unpaired) electrons. The third-order valence-electron chi connectivity index (χ3n) is 10.8. The molecule has 1 aromatic heterocycles. The molecule has 3 aliphatic carbocycles. The molecule has 3 aliphatic heterocycles. The van der Waals surface area contributed by atoms with Gasteiger partial charge in [-0.3, -0.25) is 9.88 Å². The van der Waals surface area contributed by atoms with Gasteiger partial charge in [0, 0.05) is 37.6 Å². The maximum Gasteiger partial charge on any atom is 0.0975 e. The van der Waals surface area contributed by atoms with Gasteiger partial charge in [-0.05, 0) is 112 Å². The second-order valence-electron chi connectivity index (χ2n) is 12.4. The fourth-order valence-corrected chi connectivity index (χ4v) is 9.07. The smallest absolute Gasteiger partial charge is 0.0975 e. The van der Waals surface area contributed by atoms with Crippen LogP contribution in [-0.2, 0) is 17.7 Å². The number of allylic oxidation sites excluding steroid dienone is 1. The lowest BCUT2D eigenvalue weighted by atomic mass is 9.59. The summed E-state index contributed by atoms with van der Waals surface area (Å²) in [6.45, 7) is 4.86. The molecule has 2 bridgehead atoms. The van der Waals surface area contributed by atoms with Crippen LogP contribution >= 0.6 is 0 Å². The predicted molar refractivity (Wildman–Crippen MR) is 131 cm³/mol. The minimum absolute atomic E-state index is 0.0105. The van der Waals surface area contributed by atoms with E-state index in [2.05, 4.69) is 60.2 Å². The molecule has 2 spiro atoms. The van der Waals surface area contributed by atoms with Crippen molar-refractivity contribution in [3.05, 3.63) is 52.9 Å². The van der Waals surface area contributed by atoms with Crippen molar-refractivity contribution in [2.24, 2.45) is 11.3 Å². The molecule has 3 fully saturated rings. The van der Waals surface area contributed by atoms with Crippen LogP contribution in [0.2, 0.25) is 0 Å². The number of fused-ring (bicyclic) bond motifs is 2. The van der Waals surface area contributed by atoms with E-state index in [4.69, 9.17) is 4.74 Å². The van der Waals surface area contributed by atoms with Gasteiger partial charge in [0.1, 0.15) is 0 Å². The van der Waals surface area contributed by atoms with Gasteiger partial charge in [0.15, 0.2) is 0 Å². The molecule has 176 valence electrons. The third kappa shape index (κ3) is 2.78. The molecule has 4 heteroatoms. The number of aromatic nitrogens is 1. The topological polar surface area (TPSA) is 28.6 Å². The van der Waals surface area contributed by atoms with Crippen molar-refractivity contribution in [3.63, 3.8) is 0 Å². The quantitative estimate of drug-likeness (QED) is 0.648. The SMILES string of the molecule is CN(C)C1CCC2=CC3=CCC4(C)C(N5CCc6ccncc6C5)CCC4[C@@]34CC[C@]2(C1)O4. The zero-order valence-corrected chi connectivity index (χ0v) is 20.6. The predicted octanol–water partition coefficient (Wildman–Crippen LogP) is 4.90. The third-order valence-corrected chi connectivity index (χ3v) is 10.8. The first-order chi connectivity index (χ1) is 15.9. The number of ether oxygens (including phenoxy) is 1. The van der Waals surface area contributed by atoms with Crippen molar-refractivity contribution in [2.45, 2.75) is 94.5 Å². The Balaban J connectivity index is 1.22. The summed E-state index contributed by atoms with van der Waals surface area (Å²) in [6.07, 6.45) is 20.4. The zero-order valence-electron chi connectivity index (χ0n) is 20.6. The normalized spacial score (nSPS) is 43.9. The first-order valence-corrected chi connectivity index (χ1v) is 13.4. The van der Waals surface area contributed by atoms with Crippen LogP contribution in [0.4, 0.5) is 0 Å². The fraction of sp³-hybridized carbons (Fsp3) is 0.690. The molecular formula is C29H39N3O. The minimum Gasteiger partial charge on any atom is -0.359 e. The fourth-order valence-electron chi connectivity index (χ4n) is 9.07. The van der Waals surface area contributed by atoms with Crippen molar-refractivity contribution in [2.75, 3.05) is 20.6 Å². The molecule has 6 atom stereocenters. The second-order valence-corrected chi connectivity index (χ2v) is 12.4.